The van der Waals surface area contributed by atoms with Crippen molar-refractivity contribution >= 4 is 56.1 Å². The Hall–Kier alpha value is -3.93. The van der Waals surface area contributed by atoms with Crippen molar-refractivity contribution in [3.05, 3.63) is 141 Å². The highest BCUT2D eigenvalue weighted by Gasteiger charge is 2.18. The van der Waals surface area contributed by atoms with Crippen LogP contribution in [0.2, 0.25) is 0 Å². The van der Waals surface area contributed by atoms with E-state index in [0.29, 0.717) is 0 Å². The number of anilines is 2. The maximum Gasteiger partial charge on any atom is 0.160 e. The van der Waals surface area contributed by atoms with Gasteiger partial charge in [-0.15, -0.1) is 11.3 Å². The summed E-state index contributed by atoms with van der Waals surface area (Å²) in [7, 11) is 0. The SMILES string of the molecule is CCN(CC)c1ccc(C(=C(c2ccc(Br)cc2)c2ccc(-c3ccc(C=O)s3)cc2)c2ccc(N(CC)CC)cc2)cc1. The molecule has 5 heteroatoms. The van der Waals surface area contributed by atoms with Gasteiger partial charge in [-0.2, -0.15) is 0 Å². The molecule has 44 heavy (non-hydrogen) atoms. The van der Waals surface area contributed by atoms with Crippen LogP contribution in [0.3, 0.4) is 0 Å². The standard InChI is InChI=1S/C39H39BrN2OS/c1-5-41(6-2)34-21-15-31(16-22-34)39(32-17-23-35(24-18-32)42(7-3)8-4)38(30-13-19-33(40)20-14-30)29-11-9-28(10-12-29)37-26-25-36(27-43)44-37/h9-27H,5-8H2,1-4H3. The van der Waals surface area contributed by atoms with Crippen molar-refractivity contribution in [2.45, 2.75) is 27.7 Å². The highest BCUT2D eigenvalue weighted by atomic mass is 79.9. The molecule has 0 aliphatic carbocycles. The molecule has 0 radical (unpaired) electrons. The van der Waals surface area contributed by atoms with E-state index in [-0.39, 0.29) is 0 Å². The van der Waals surface area contributed by atoms with E-state index >= 15 is 0 Å². The lowest BCUT2D eigenvalue weighted by atomic mass is 9.85. The number of rotatable bonds is 12. The summed E-state index contributed by atoms with van der Waals surface area (Å²) in [6.45, 7) is 12.7. The molecule has 5 rings (SSSR count). The normalized spacial score (nSPS) is 10.8. The van der Waals surface area contributed by atoms with Gasteiger partial charge in [0, 0.05) is 46.9 Å². The van der Waals surface area contributed by atoms with Gasteiger partial charge in [0.05, 0.1) is 4.88 Å². The molecule has 0 amide bonds. The van der Waals surface area contributed by atoms with Crippen LogP contribution in [-0.4, -0.2) is 32.5 Å². The smallest absolute Gasteiger partial charge is 0.160 e. The fourth-order valence-corrected chi connectivity index (χ4v) is 6.85. The van der Waals surface area contributed by atoms with Gasteiger partial charge in [0.1, 0.15) is 0 Å². The predicted octanol–water partition coefficient (Wildman–Crippen LogP) is 10.7. The maximum atomic E-state index is 11.3. The monoisotopic (exact) mass is 662 g/mol. The Labute approximate surface area is 274 Å². The molecule has 0 unspecified atom stereocenters. The van der Waals surface area contributed by atoms with Crippen LogP contribution in [0, 0.1) is 0 Å². The summed E-state index contributed by atoms with van der Waals surface area (Å²) >= 11 is 5.16. The Morgan fingerprint density at radius 3 is 1.32 bits per heavy atom. The number of halogens is 1. The van der Waals surface area contributed by atoms with Crippen molar-refractivity contribution < 1.29 is 4.79 Å². The zero-order valence-corrected chi connectivity index (χ0v) is 28.3. The number of carbonyl (C=O) groups is 1. The quantitative estimate of drug-likeness (QED) is 0.0981. The Morgan fingerprint density at radius 2 is 0.955 bits per heavy atom. The summed E-state index contributed by atoms with van der Waals surface area (Å²) in [4.78, 5) is 17.9. The van der Waals surface area contributed by atoms with Gasteiger partial charge in [-0.05, 0) is 115 Å². The van der Waals surface area contributed by atoms with E-state index in [1.54, 1.807) is 0 Å². The van der Waals surface area contributed by atoms with Gasteiger partial charge in [-0.3, -0.25) is 4.79 Å². The first kappa shape index (κ1) is 31.5. The van der Waals surface area contributed by atoms with Crippen LogP contribution in [0.5, 0.6) is 0 Å². The van der Waals surface area contributed by atoms with Crippen LogP contribution in [0.15, 0.2) is 114 Å². The third kappa shape index (κ3) is 6.90. The molecule has 0 bridgehead atoms. The van der Waals surface area contributed by atoms with Crippen molar-refractivity contribution in [1.29, 1.82) is 0 Å². The molecule has 0 saturated carbocycles. The molecule has 0 aliphatic heterocycles. The Morgan fingerprint density at radius 1 is 0.568 bits per heavy atom. The first-order valence-corrected chi connectivity index (χ1v) is 17.0. The predicted molar refractivity (Wildman–Crippen MR) is 194 cm³/mol. The zero-order chi connectivity index (χ0) is 31.1. The molecule has 5 aromatic rings. The molecule has 1 heterocycles. The Bertz CT molecular complexity index is 1640. The second-order valence-electron chi connectivity index (χ2n) is 10.6. The molecule has 0 aliphatic rings. The lowest BCUT2D eigenvalue weighted by molar-refractivity contribution is 0.112. The highest BCUT2D eigenvalue weighted by Crippen LogP contribution is 2.39. The Balaban J connectivity index is 1.73. The minimum atomic E-state index is 0.739. The fraction of sp³-hybridized carbons (Fsp3) is 0.205. The minimum Gasteiger partial charge on any atom is -0.372 e. The largest absolute Gasteiger partial charge is 0.372 e. The van der Waals surface area contributed by atoms with Gasteiger partial charge in [0.15, 0.2) is 6.29 Å². The average Bonchev–Trinajstić information content (AvgIpc) is 3.56. The molecule has 224 valence electrons. The number of hydrogen-bond donors (Lipinski definition) is 0. The molecule has 0 spiro atoms. The second kappa shape index (κ2) is 14.7. The molecule has 0 atom stereocenters. The minimum absolute atomic E-state index is 0.739. The van der Waals surface area contributed by atoms with Gasteiger partial charge in [-0.25, -0.2) is 0 Å². The third-order valence-electron chi connectivity index (χ3n) is 8.15. The molecule has 0 saturated heterocycles. The summed E-state index contributed by atoms with van der Waals surface area (Å²) < 4.78 is 1.05. The van der Waals surface area contributed by atoms with Crippen molar-refractivity contribution in [1.82, 2.24) is 0 Å². The van der Waals surface area contributed by atoms with Crippen LogP contribution in [0.25, 0.3) is 21.6 Å². The van der Waals surface area contributed by atoms with Gasteiger partial charge in [0.25, 0.3) is 0 Å². The van der Waals surface area contributed by atoms with E-state index in [4.69, 9.17) is 0 Å². The highest BCUT2D eigenvalue weighted by molar-refractivity contribution is 9.10. The first-order chi connectivity index (χ1) is 21.5. The van der Waals surface area contributed by atoms with E-state index in [0.717, 1.165) is 63.4 Å². The molecule has 0 fully saturated rings. The van der Waals surface area contributed by atoms with Gasteiger partial charge >= 0.3 is 0 Å². The first-order valence-electron chi connectivity index (χ1n) is 15.4. The molecule has 3 nitrogen and oxygen atoms in total. The molecular weight excluding hydrogens is 624 g/mol. The number of thiophene rings is 1. The van der Waals surface area contributed by atoms with E-state index in [2.05, 4.69) is 150 Å². The van der Waals surface area contributed by atoms with Crippen LogP contribution >= 0.6 is 27.3 Å². The molecular formula is C39H39BrN2OS. The van der Waals surface area contributed by atoms with Gasteiger partial charge in [-0.1, -0.05) is 76.6 Å². The summed E-state index contributed by atoms with van der Waals surface area (Å²) in [5.74, 6) is 0. The van der Waals surface area contributed by atoms with Gasteiger partial charge in [0.2, 0.25) is 0 Å². The zero-order valence-electron chi connectivity index (χ0n) is 25.9. The lowest BCUT2D eigenvalue weighted by Gasteiger charge is -2.24. The summed E-state index contributed by atoms with van der Waals surface area (Å²) in [5.41, 5.74) is 10.6. The van der Waals surface area contributed by atoms with Crippen LogP contribution in [-0.2, 0) is 0 Å². The van der Waals surface area contributed by atoms with Crippen LogP contribution in [0.4, 0.5) is 11.4 Å². The lowest BCUT2D eigenvalue weighted by Crippen LogP contribution is -2.21. The number of aldehydes is 1. The van der Waals surface area contributed by atoms with Crippen molar-refractivity contribution in [3.8, 4) is 10.4 Å². The second-order valence-corrected chi connectivity index (χ2v) is 12.6. The number of carbonyl (C=O) groups excluding carboxylic acids is 1. The summed E-state index contributed by atoms with van der Waals surface area (Å²) in [6, 6.07) is 39.3. The van der Waals surface area contributed by atoms with E-state index in [9.17, 15) is 4.79 Å². The number of benzene rings is 4. The van der Waals surface area contributed by atoms with E-state index in [1.165, 1.54) is 45.0 Å². The van der Waals surface area contributed by atoms with Gasteiger partial charge < -0.3 is 9.80 Å². The molecule has 1 aromatic heterocycles. The molecule has 0 N–H and O–H groups in total. The fourth-order valence-electron chi connectivity index (χ4n) is 5.76. The number of nitrogens with zero attached hydrogens (tertiary/aromatic N) is 2. The summed E-state index contributed by atoms with van der Waals surface area (Å²) in [6.07, 6.45) is 0.917. The number of hydrogen-bond acceptors (Lipinski definition) is 4. The van der Waals surface area contributed by atoms with E-state index < -0.39 is 0 Å². The maximum absolute atomic E-state index is 11.3. The van der Waals surface area contributed by atoms with Crippen LogP contribution < -0.4 is 9.80 Å². The Kier molecular flexibility index (Phi) is 10.5. The summed E-state index contributed by atoms with van der Waals surface area (Å²) in [5, 5.41) is 0. The van der Waals surface area contributed by atoms with Crippen LogP contribution in [0.1, 0.15) is 59.6 Å². The van der Waals surface area contributed by atoms with Crippen molar-refractivity contribution in [2.75, 3.05) is 36.0 Å². The average molecular weight is 664 g/mol. The third-order valence-corrected chi connectivity index (χ3v) is 9.74. The molecule has 4 aromatic carbocycles. The topological polar surface area (TPSA) is 23.6 Å². The van der Waals surface area contributed by atoms with Crippen molar-refractivity contribution in [3.63, 3.8) is 0 Å². The van der Waals surface area contributed by atoms with E-state index in [1.807, 2.05) is 12.1 Å². The van der Waals surface area contributed by atoms with Crippen molar-refractivity contribution in [2.24, 2.45) is 0 Å².